The zero-order valence-corrected chi connectivity index (χ0v) is 19.0. The number of carbonyl (C=O) groups excluding carboxylic acids is 3. The maximum absolute atomic E-state index is 12.8. The third kappa shape index (κ3) is 6.67. The summed E-state index contributed by atoms with van der Waals surface area (Å²) in [5.41, 5.74) is 3.28. The van der Waals surface area contributed by atoms with Gasteiger partial charge < -0.3 is 20.4 Å². The van der Waals surface area contributed by atoms with Gasteiger partial charge >= 0.3 is 0 Å². The summed E-state index contributed by atoms with van der Waals surface area (Å²) in [5.74, 6) is -0.501. The van der Waals surface area contributed by atoms with Gasteiger partial charge in [-0.25, -0.2) is 0 Å². The van der Waals surface area contributed by atoms with E-state index in [0.717, 1.165) is 5.56 Å². The van der Waals surface area contributed by atoms with Gasteiger partial charge in [0.1, 0.15) is 0 Å². The van der Waals surface area contributed by atoms with Gasteiger partial charge in [-0.1, -0.05) is 42.5 Å². The van der Waals surface area contributed by atoms with Crippen molar-refractivity contribution in [1.82, 2.24) is 9.80 Å². The first-order chi connectivity index (χ1) is 15.8. The largest absolute Gasteiger partial charge is 0.376 e. The molecule has 3 amide bonds. The van der Waals surface area contributed by atoms with E-state index in [2.05, 4.69) is 10.6 Å². The van der Waals surface area contributed by atoms with Crippen LogP contribution in [0.25, 0.3) is 0 Å². The number of benzene rings is 3. The maximum Gasteiger partial charge on any atom is 0.253 e. The molecule has 0 unspecified atom stereocenters. The second-order valence-electron chi connectivity index (χ2n) is 7.91. The molecule has 0 atom stereocenters. The lowest BCUT2D eigenvalue weighted by molar-refractivity contribution is -0.114. The van der Waals surface area contributed by atoms with Gasteiger partial charge in [0.2, 0.25) is 5.91 Å². The molecule has 33 heavy (non-hydrogen) atoms. The van der Waals surface area contributed by atoms with Crippen LogP contribution in [0.5, 0.6) is 0 Å². The number of nitrogens with zero attached hydrogens (tertiary/aromatic N) is 2. The highest BCUT2D eigenvalue weighted by atomic mass is 16.2. The zero-order chi connectivity index (χ0) is 23.8. The van der Waals surface area contributed by atoms with Gasteiger partial charge in [0.05, 0.1) is 6.54 Å². The van der Waals surface area contributed by atoms with Gasteiger partial charge in [0.15, 0.2) is 0 Å². The lowest BCUT2D eigenvalue weighted by Crippen LogP contribution is -2.26. The molecule has 0 aliphatic carbocycles. The predicted octanol–water partition coefficient (Wildman–Crippen LogP) is 3.71. The van der Waals surface area contributed by atoms with Crippen LogP contribution in [0.2, 0.25) is 0 Å². The first kappa shape index (κ1) is 23.5. The SMILES string of the molecule is CN(C)C(=O)c1cccc(NCC(=O)Nc2cccc(C(=O)N(C)Cc3ccccc3)c2)c1. The minimum absolute atomic E-state index is 0.0195. The van der Waals surface area contributed by atoms with E-state index in [1.807, 2.05) is 30.3 Å². The maximum atomic E-state index is 12.8. The molecule has 3 rings (SSSR count). The lowest BCUT2D eigenvalue weighted by atomic mass is 10.1. The Hall–Kier alpha value is -4.13. The normalized spacial score (nSPS) is 10.3. The minimum atomic E-state index is -0.262. The molecule has 0 aromatic heterocycles. The van der Waals surface area contributed by atoms with E-state index in [-0.39, 0.29) is 24.3 Å². The lowest BCUT2D eigenvalue weighted by Gasteiger charge is -2.18. The molecule has 0 aliphatic rings. The van der Waals surface area contributed by atoms with Crippen LogP contribution >= 0.6 is 0 Å². The number of rotatable bonds is 8. The van der Waals surface area contributed by atoms with E-state index in [0.29, 0.717) is 29.0 Å². The van der Waals surface area contributed by atoms with E-state index in [9.17, 15) is 14.4 Å². The molecule has 0 bridgehead atoms. The van der Waals surface area contributed by atoms with Crippen molar-refractivity contribution in [2.24, 2.45) is 0 Å². The first-order valence-electron chi connectivity index (χ1n) is 10.6. The highest BCUT2D eigenvalue weighted by Crippen LogP contribution is 2.15. The Bertz CT molecular complexity index is 1130. The highest BCUT2D eigenvalue weighted by molar-refractivity contribution is 5.98. The molecular formula is C26H28N4O3. The molecule has 2 N–H and O–H groups in total. The molecule has 7 nitrogen and oxygen atoms in total. The number of nitrogens with one attached hydrogen (secondary N) is 2. The first-order valence-corrected chi connectivity index (χ1v) is 10.6. The quantitative estimate of drug-likeness (QED) is 0.555. The molecule has 7 heteroatoms. The topological polar surface area (TPSA) is 81.8 Å². The second-order valence-corrected chi connectivity index (χ2v) is 7.91. The highest BCUT2D eigenvalue weighted by Gasteiger charge is 2.13. The Morgan fingerprint density at radius 3 is 2.00 bits per heavy atom. The number of amides is 3. The fourth-order valence-corrected chi connectivity index (χ4v) is 3.29. The molecule has 3 aromatic rings. The Balaban J connectivity index is 1.57. The van der Waals surface area contributed by atoms with Crippen molar-refractivity contribution in [2.45, 2.75) is 6.54 Å². The van der Waals surface area contributed by atoms with Crippen LogP contribution in [0.1, 0.15) is 26.3 Å². The van der Waals surface area contributed by atoms with Crippen molar-refractivity contribution < 1.29 is 14.4 Å². The van der Waals surface area contributed by atoms with Gasteiger partial charge in [-0.3, -0.25) is 14.4 Å². The Labute approximate surface area is 194 Å². The standard InChI is InChI=1S/C26H28N4O3/c1-29(2)25(32)20-11-7-13-22(15-20)27-17-24(31)28-23-14-8-12-21(16-23)26(33)30(3)18-19-9-5-4-6-10-19/h4-16,27H,17-18H2,1-3H3,(H,28,31). The Kier molecular flexibility index (Phi) is 7.81. The van der Waals surface area contributed by atoms with Crippen molar-refractivity contribution in [3.05, 3.63) is 95.6 Å². The molecule has 0 heterocycles. The summed E-state index contributed by atoms with van der Waals surface area (Å²) in [5, 5.41) is 5.83. The van der Waals surface area contributed by atoms with Crippen LogP contribution in [0.15, 0.2) is 78.9 Å². The second kappa shape index (κ2) is 10.9. The van der Waals surface area contributed by atoms with Gasteiger partial charge in [-0.05, 0) is 42.0 Å². The molecule has 3 aromatic carbocycles. The number of hydrogen-bond acceptors (Lipinski definition) is 4. The molecule has 170 valence electrons. The van der Waals surface area contributed by atoms with Crippen molar-refractivity contribution >= 4 is 29.1 Å². The van der Waals surface area contributed by atoms with E-state index in [1.54, 1.807) is 74.6 Å². The van der Waals surface area contributed by atoms with Gasteiger partial charge in [-0.2, -0.15) is 0 Å². The minimum Gasteiger partial charge on any atom is -0.376 e. The van der Waals surface area contributed by atoms with Crippen LogP contribution in [0.3, 0.4) is 0 Å². The summed E-state index contributed by atoms with van der Waals surface area (Å²) in [6.07, 6.45) is 0. The Morgan fingerprint density at radius 1 is 0.727 bits per heavy atom. The average molecular weight is 445 g/mol. The van der Waals surface area contributed by atoms with E-state index < -0.39 is 0 Å². The summed E-state index contributed by atoms with van der Waals surface area (Å²) in [4.78, 5) is 40.5. The van der Waals surface area contributed by atoms with Crippen LogP contribution in [0.4, 0.5) is 11.4 Å². The van der Waals surface area contributed by atoms with E-state index >= 15 is 0 Å². The number of carbonyl (C=O) groups is 3. The van der Waals surface area contributed by atoms with Crippen molar-refractivity contribution in [2.75, 3.05) is 38.3 Å². The summed E-state index contributed by atoms with van der Waals surface area (Å²) in [7, 11) is 5.13. The molecule has 0 spiro atoms. The van der Waals surface area contributed by atoms with E-state index in [1.165, 1.54) is 4.90 Å². The van der Waals surface area contributed by atoms with Crippen LogP contribution in [-0.2, 0) is 11.3 Å². The van der Waals surface area contributed by atoms with Crippen LogP contribution in [-0.4, -0.2) is 55.2 Å². The molecule has 0 fully saturated rings. The summed E-state index contributed by atoms with van der Waals surface area (Å²) in [6, 6.07) is 23.6. The fourth-order valence-electron chi connectivity index (χ4n) is 3.29. The average Bonchev–Trinajstić information content (AvgIpc) is 2.82. The third-order valence-corrected chi connectivity index (χ3v) is 4.97. The van der Waals surface area contributed by atoms with Crippen LogP contribution in [0, 0.1) is 0 Å². The monoisotopic (exact) mass is 444 g/mol. The molecule has 0 saturated heterocycles. The van der Waals surface area contributed by atoms with Crippen molar-refractivity contribution in [1.29, 1.82) is 0 Å². The van der Waals surface area contributed by atoms with Crippen LogP contribution < -0.4 is 10.6 Å². The molecule has 0 saturated carbocycles. The molecular weight excluding hydrogens is 416 g/mol. The van der Waals surface area contributed by atoms with E-state index in [4.69, 9.17) is 0 Å². The van der Waals surface area contributed by atoms with Gasteiger partial charge in [-0.15, -0.1) is 0 Å². The van der Waals surface area contributed by atoms with Crippen molar-refractivity contribution in [3.8, 4) is 0 Å². The summed E-state index contributed by atoms with van der Waals surface area (Å²) < 4.78 is 0. The smallest absolute Gasteiger partial charge is 0.253 e. The zero-order valence-electron chi connectivity index (χ0n) is 19.0. The molecule has 0 radical (unpaired) electrons. The number of hydrogen-bond donors (Lipinski definition) is 2. The third-order valence-electron chi connectivity index (χ3n) is 4.97. The number of anilines is 2. The van der Waals surface area contributed by atoms with Gasteiger partial charge in [0, 0.05) is 50.2 Å². The predicted molar refractivity (Wildman–Crippen MR) is 130 cm³/mol. The molecule has 0 aliphatic heterocycles. The Morgan fingerprint density at radius 2 is 1.33 bits per heavy atom. The summed E-state index contributed by atoms with van der Waals surface area (Å²) >= 11 is 0. The van der Waals surface area contributed by atoms with Crippen molar-refractivity contribution in [3.63, 3.8) is 0 Å². The fraction of sp³-hybridized carbons (Fsp3) is 0.192. The summed E-state index contributed by atoms with van der Waals surface area (Å²) in [6.45, 7) is 0.515. The van der Waals surface area contributed by atoms with Gasteiger partial charge in [0.25, 0.3) is 11.8 Å².